The van der Waals surface area contributed by atoms with Crippen LogP contribution >= 0.6 is 11.7 Å². The molecule has 0 aliphatic rings. The second-order valence-corrected chi connectivity index (χ2v) is 6.22. The fourth-order valence-electron chi connectivity index (χ4n) is 2.57. The first-order valence-corrected chi connectivity index (χ1v) is 8.82. The molecule has 0 atom stereocenters. The lowest BCUT2D eigenvalue weighted by molar-refractivity contribution is 0.102. The molecular weight excluding hydrogens is 346 g/mol. The summed E-state index contributed by atoms with van der Waals surface area (Å²) in [5, 5.41) is 2.90. The van der Waals surface area contributed by atoms with Gasteiger partial charge >= 0.3 is 0 Å². The van der Waals surface area contributed by atoms with Crippen molar-refractivity contribution in [3.05, 3.63) is 83.9 Å². The summed E-state index contributed by atoms with van der Waals surface area (Å²) in [5.74, 6) is 0.436. The highest BCUT2D eigenvalue weighted by molar-refractivity contribution is 7.00. The number of rotatable bonds is 5. The molecule has 4 rings (SSSR count). The number of hydrogen-bond acceptors (Lipinski definition) is 5. The zero-order chi connectivity index (χ0) is 17.8. The van der Waals surface area contributed by atoms with E-state index >= 15 is 0 Å². The molecule has 0 bridgehead atoms. The predicted octanol–water partition coefficient (Wildman–Crippen LogP) is 4.52. The monoisotopic (exact) mass is 361 g/mol. The molecule has 0 spiro atoms. The van der Waals surface area contributed by atoms with Crippen molar-refractivity contribution in [1.82, 2.24) is 8.75 Å². The van der Waals surface area contributed by atoms with E-state index in [4.69, 9.17) is 4.74 Å². The molecule has 26 heavy (non-hydrogen) atoms. The summed E-state index contributed by atoms with van der Waals surface area (Å²) in [6, 6.07) is 22.6. The van der Waals surface area contributed by atoms with Crippen molar-refractivity contribution >= 4 is 34.4 Å². The average molecular weight is 361 g/mol. The van der Waals surface area contributed by atoms with Crippen LogP contribution in [0.2, 0.25) is 0 Å². The van der Waals surface area contributed by atoms with Crippen LogP contribution in [0.25, 0.3) is 11.0 Å². The third kappa shape index (κ3) is 3.55. The first-order valence-electron chi connectivity index (χ1n) is 8.09. The second-order valence-electron chi connectivity index (χ2n) is 5.69. The van der Waals surface area contributed by atoms with Crippen molar-refractivity contribution in [2.75, 3.05) is 5.32 Å². The quantitative estimate of drug-likeness (QED) is 0.567. The average Bonchev–Trinajstić information content (AvgIpc) is 3.17. The Morgan fingerprint density at radius 3 is 2.69 bits per heavy atom. The zero-order valence-corrected chi connectivity index (χ0v) is 14.6. The standard InChI is InChI=1S/C20H15N3O2S/c24-20(21-17-10-5-11-18-19(17)23-26-22-18)15-8-4-9-16(12-15)25-13-14-6-2-1-3-7-14/h1-12H,13H2,(H,21,24). The van der Waals surface area contributed by atoms with Gasteiger partial charge in [-0.15, -0.1) is 0 Å². The highest BCUT2D eigenvalue weighted by Crippen LogP contribution is 2.22. The summed E-state index contributed by atoms with van der Waals surface area (Å²) < 4.78 is 14.2. The van der Waals surface area contributed by atoms with E-state index in [1.807, 2.05) is 54.6 Å². The van der Waals surface area contributed by atoms with Crippen molar-refractivity contribution in [3.8, 4) is 5.75 Å². The van der Waals surface area contributed by atoms with E-state index in [1.165, 1.54) is 0 Å². The third-order valence-electron chi connectivity index (χ3n) is 3.88. The molecule has 0 aliphatic carbocycles. The summed E-state index contributed by atoms with van der Waals surface area (Å²) in [6.45, 7) is 0.454. The van der Waals surface area contributed by atoms with Gasteiger partial charge in [-0.3, -0.25) is 4.79 Å². The summed E-state index contributed by atoms with van der Waals surface area (Å²) in [5.41, 5.74) is 3.72. The Morgan fingerprint density at radius 1 is 0.962 bits per heavy atom. The summed E-state index contributed by atoms with van der Waals surface area (Å²) >= 11 is 1.13. The predicted molar refractivity (Wildman–Crippen MR) is 103 cm³/mol. The number of anilines is 1. The van der Waals surface area contributed by atoms with E-state index in [1.54, 1.807) is 18.2 Å². The number of amides is 1. The lowest BCUT2D eigenvalue weighted by Gasteiger charge is -2.09. The highest BCUT2D eigenvalue weighted by atomic mass is 32.1. The highest BCUT2D eigenvalue weighted by Gasteiger charge is 2.11. The Kier molecular flexibility index (Phi) is 4.57. The van der Waals surface area contributed by atoms with E-state index in [-0.39, 0.29) is 5.91 Å². The molecule has 1 N–H and O–H groups in total. The SMILES string of the molecule is O=C(Nc1cccc2nsnc12)c1cccc(OCc2ccccc2)c1. The maximum absolute atomic E-state index is 12.6. The fraction of sp³-hybridized carbons (Fsp3) is 0.0500. The zero-order valence-electron chi connectivity index (χ0n) is 13.8. The summed E-state index contributed by atoms with van der Waals surface area (Å²) in [7, 11) is 0. The van der Waals surface area contributed by atoms with Gasteiger partial charge < -0.3 is 10.1 Å². The van der Waals surface area contributed by atoms with Gasteiger partial charge in [0.15, 0.2) is 0 Å². The van der Waals surface area contributed by atoms with Crippen LogP contribution in [0.5, 0.6) is 5.75 Å². The number of carbonyl (C=O) groups is 1. The number of benzene rings is 3. The normalized spacial score (nSPS) is 10.6. The van der Waals surface area contributed by atoms with E-state index in [0.717, 1.165) is 22.8 Å². The number of fused-ring (bicyclic) bond motifs is 1. The number of aromatic nitrogens is 2. The van der Waals surface area contributed by atoms with Gasteiger partial charge in [-0.05, 0) is 35.9 Å². The van der Waals surface area contributed by atoms with E-state index < -0.39 is 0 Å². The van der Waals surface area contributed by atoms with Crippen molar-refractivity contribution in [2.45, 2.75) is 6.61 Å². The van der Waals surface area contributed by atoms with Gasteiger partial charge in [0.1, 0.15) is 23.4 Å². The van der Waals surface area contributed by atoms with Crippen LogP contribution in [0.1, 0.15) is 15.9 Å². The molecule has 5 nitrogen and oxygen atoms in total. The van der Waals surface area contributed by atoms with Crippen molar-refractivity contribution in [2.24, 2.45) is 0 Å². The molecule has 0 fully saturated rings. The van der Waals surface area contributed by atoms with Crippen LogP contribution in [0.15, 0.2) is 72.8 Å². The molecule has 1 aromatic heterocycles. The van der Waals surface area contributed by atoms with E-state index in [2.05, 4.69) is 14.1 Å². The molecule has 128 valence electrons. The maximum Gasteiger partial charge on any atom is 0.255 e. The molecule has 1 heterocycles. The van der Waals surface area contributed by atoms with Crippen LogP contribution < -0.4 is 10.1 Å². The first-order chi connectivity index (χ1) is 12.8. The fourth-order valence-corrected chi connectivity index (χ4v) is 3.12. The van der Waals surface area contributed by atoms with Crippen molar-refractivity contribution < 1.29 is 9.53 Å². The number of ether oxygens (including phenoxy) is 1. The minimum atomic E-state index is -0.212. The van der Waals surface area contributed by atoms with Crippen LogP contribution in [0, 0.1) is 0 Å². The van der Waals surface area contributed by atoms with Crippen LogP contribution in [-0.4, -0.2) is 14.7 Å². The molecule has 0 unspecified atom stereocenters. The summed E-state index contributed by atoms with van der Waals surface area (Å²) in [4.78, 5) is 12.6. The minimum Gasteiger partial charge on any atom is -0.489 e. The van der Waals surface area contributed by atoms with Crippen LogP contribution in [0.3, 0.4) is 0 Å². The number of nitrogens with zero attached hydrogens (tertiary/aromatic N) is 2. The topological polar surface area (TPSA) is 64.1 Å². The number of nitrogens with one attached hydrogen (secondary N) is 1. The van der Waals surface area contributed by atoms with Gasteiger partial charge in [0.05, 0.1) is 17.4 Å². The molecule has 3 aromatic carbocycles. The second kappa shape index (κ2) is 7.33. The Balaban J connectivity index is 1.49. The third-order valence-corrected chi connectivity index (χ3v) is 4.42. The Bertz CT molecular complexity index is 1050. The van der Waals surface area contributed by atoms with Gasteiger partial charge in [-0.25, -0.2) is 0 Å². The molecular formula is C20H15N3O2S. The molecule has 0 saturated carbocycles. The van der Waals surface area contributed by atoms with Gasteiger partial charge in [0.25, 0.3) is 5.91 Å². The lowest BCUT2D eigenvalue weighted by atomic mass is 10.2. The van der Waals surface area contributed by atoms with Gasteiger partial charge in [0.2, 0.25) is 0 Å². The number of carbonyl (C=O) groups excluding carboxylic acids is 1. The van der Waals surface area contributed by atoms with Gasteiger partial charge in [-0.2, -0.15) is 8.75 Å². The molecule has 6 heteroatoms. The van der Waals surface area contributed by atoms with Crippen LogP contribution in [-0.2, 0) is 6.61 Å². The van der Waals surface area contributed by atoms with Crippen molar-refractivity contribution in [1.29, 1.82) is 0 Å². The van der Waals surface area contributed by atoms with Crippen molar-refractivity contribution in [3.63, 3.8) is 0 Å². The molecule has 0 aliphatic heterocycles. The molecule has 0 saturated heterocycles. The summed E-state index contributed by atoms with van der Waals surface area (Å²) in [6.07, 6.45) is 0. The Morgan fingerprint density at radius 2 is 1.81 bits per heavy atom. The molecule has 1 amide bonds. The van der Waals surface area contributed by atoms with E-state index in [9.17, 15) is 4.79 Å². The largest absolute Gasteiger partial charge is 0.489 e. The van der Waals surface area contributed by atoms with E-state index in [0.29, 0.717) is 29.1 Å². The lowest BCUT2D eigenvalue weighted by Crippen LogP contribution is -2.12. The molecule has 0 radical (unpaired) electrons. The number of hydrogen-bond donors (Lipinski definition) is 1. The smallest absolute Gasteiger partial charge is 0.255 e. The van der Waals surface area contributed by atoms with Gasteiger partial charge in [-0.1, -0.05) is 42.5 Å². The Hall–Kier alpha value is -3.25. The van der Waals surface area contributed by atoms with Gasteiger partial charge in [0, 0.05) is 5.56 Å². The molecule has 4 aromatic rings. The Labute approximate surface area is 154 Å². The maximum atomic E-state index is 12.6. The minimum absolute atomic E-state index is 0.212. The van der Waals surface area contributed by atoms with Crippen LogP contribution in [0.4, 0.5) is 5.69 Å². The first kappa shape index (κ1) is 16.2.